The maximum absolute atomic E-state index is 11.4. The number of rotatable bonds is 3. The normalized spacial score (nSPS) is 9.57. The van der Waals surface area contributed by atoms with E-state index >= 15 is 0 Å². The average Bonchev–Trinajstić information content (AvgIpc) is 2.18. The third-order valence-electron chi connectivity index (χ3n) is 1.73. The van der Waals surface area contributed by atoms with Gasteiger partial charge in [-0.1, -0.05) is 6.07 Å². The second-order valence-corrected chi connectivity index (χ2v) is 2.90. The van der Waals surface area contributed by atoms with Crippen LogP contribution in [0.15, 0.2) is 18.3 Å². The van der Waals surface area contributed by atoms with E-state index in [9.17, 15) is 9.59 Å². The largest absolute Gasteiger partial charge is 0.469 e. The number of carbonyl (C=O) groups excluding carboxylic acids is 2. The highest BCUT2D eigenvalue weighted by atomic mass is 16.5. The molecule has 4 heteroatoms. The molecule has 0 radical (unpaired) electrons. The first kappa shape index (κ1) is 10.4. The van der Waals surface area contributed by atoms with Gasteiger partial charge >= 0.3 is 5.97 Å². The predicted octanol–water partition coefficient (Wildman–Crippen LogP) is 1.14. The van der Waals surface area contributed by atoms with Gasteiger partial charge in [0.1, 0.15) is 12.1 Å². The summed E-state index contributed by atoms with van der Waals surface area (Å²) in [6.07, 6.45) is 1.33. The van der Waals surface area contributed by atoms with Crippen molar-refractivity contribution < 1.29 is 14.3 Å². The molecule has 0 amide bonds. The van der Waals surface area contributed by atoms with E-state index in [1.54, 1.807) is 18.3 Å². The standard InChI is InChI=1S/C10H11NO3/c1-7-3-4-8(11-6-7)9(12)5-10(13)14-2/h3-4,6H,5H2,1-2H3. The summed E-state index contributed by atoms with van der Waals surface area (Å²) in [4.78, 5) is 26.1. The Hall–Kier alpha value is -1.71. The zero-order chi connectivity index (χ0) is 10.6. The number of carbonyl (C=O) groups is 2. The molecule has 0 aliphatic heterocycles. The van der Waals surface area contributed by atoms with E-state index in [0.29, 0.717) is 5.69 Å². The van der Waals surface area contributed by atoms with Gasteiger partial charge in [0.25, 0.3) is 0 Å². The summed E-state index contributed by atoms with van der Waals surface area (Å²) in [5.74, 6) is -0.866. The molecule has 74 valence electrons. The fourth-order valence-corrected chi connectivity index (χ4v) is 0.927. The van der Waals surface area contributed by atoms with Gasteiger partial charge in [-0.15, -0.1) is 0 Å². The Labute approximate surface area is 81.9 Å². The van der Waals surface area contributed by atoms with Gasteiger partial charge in [-0.3, -0.25) is 14.6 Å². The second kappa shape index (κ2) is 4.50. The van der Waals surface area contributed by atoms with Crippen LogP contribution in [-0.2, 0) is 9.53 Å². The molecular weight excluding hydrogens is 182 g/mol. The van der Waals surface area contributed by atoms with Crippen molar-refractivity contribution in [3.05, 3.63) is 29.6 Å². The molecule has 0 saturated heterocycles. The van der Waals surface area contributed by atoms with Crippen molar-refractivity contribution in [3.63, 3.8) is 0 Å². The number of esters is 1. The lowest BCUT2D eigenvalue weighted by atomic mass is 10.2. The molecule has 14 heavy (non-hydrogen) atoms. The average molecular weight is 193 g/mol. The quantitative estimate of drug-likeness (QED) is 0.410. The van der Waals surface area contributed by atoms with Crippen LogP contribution < -0.4 is 0 Å². The smallest absolute Gasteiger partial charge is 0.313 e. The maximum Gasteiger partial charge on any atom is 0.313 e. The zero-order valence-corrected chi connectivity index (χ0v) is 8.11. The number of ether oxygens (including phenoxy) is 1. The monoisotopic (exact) mass is 193 g/mol. The van der Waals surface area contributed by atoms with Crippen LogP contribution >= 0.6 is 0 Å². The Kier molecular flexibility index (Phi) is 3.34. The Balaban J connectivity index is 2.70. The first-order valence-electron chi connectivity index (χ1n) is 4.16. The Morgan fingerprint density at radius 1 is 1.43 bits per heavy atom. The summed E-state index contributed by atoms with van der Waals surface area (Å²) >= 11 is 0. The minimum absolute atomic E-state index is 0.257. The summed E-state index contributed by atoms with van der Waals surface area (Å²) < 4.78 is 4.38. The van der Waals surface area contributed by atoms with Crippen LogP contribution in [0.25, 0.3) is 0 Å². The number of ketones is 1. The van der Waals surface area contributed by atoms with Crippen molar-refractivity contribution in [2.45, 2.75) is 13.3 Å². The van der Waals surface area contributed by atoms with E-state index in [2.05, 4.69) is 9.72 Å². The number of methoxy groups -OCH3 is 1. The van der Waals surface area contributed by atoms with Crippen molar-refractivity contribution in [3.8, 4) is 0 Å². The van der Waals surface area contributed by atoms with Crippen molar-refractivity contribution >= 4 is 11.8 Å². The number of Topliss-reactive ketones (excluding diaryl/α,β-unsaturated/α-hetero) is 1. The zero-order valence-electron chi connectivity index (χ0n) is 8.11. The van der Waals surface area contributed by atoms with Gasteiger partial charge in [-0.25, -0.2) is 0 Å². The molecule has 0 spiro atoms. The Morgan fingerprint density at radius 2 is 2.14 bits per heavy atom. The van der Waals surface area contributed by atoms with Gasteiger partial charge in [-0.2, -0.15) is 0 Å². The first-order chi connectivity index (χ1) is 6.63. The summed E-state index contributed by atoms with van der Waals surface area (Å²) in [5.41, 5.74) is 1.26. The molecule has 0 saturated carbocycles. The fourth-order valence-electron chi connectivity index (χ4n) is 0.927. The Bertz CT molecular complexity index is 343. The summed E-state index contributed by atoms with van der Waals surface area (Å²) in [5, 5.41) is 0. The molecule has 0 fully saturated rings. The SMILES string of the molecule is COC(=O)CC(=O)c1ccc(C)cn1. The lowest BCUT2D eigenvalue weighted by Gasteiger charge is -1.99. The van der Waals surface area contributed by atoms with E-state index in [-0.39, 0.29) is 12.2 Å². The first-order valence-corrected chi connectivity index (χ1v) is 4.16. The van der Waals surface area contributed by atoms with E-state index < -0.39 is 5.97 Å². The van der Waals surface area contributed by atoms with Gasteiger partial charge in [0, 0.05) is 6.20 Å². The second-order valence-electron chi connectivity index (χ2n) is 2.90. The van der Waals surface area contributed by atoms with Gasteiger partial charge in [-0.05, 0) is 18.6 Å². The van der Waals surface area contributed by atoms with Gasteiger partial charge < -0.3 is 4.74 Å². The lowest BCUT2D eigenvalue weighted by Crippen LogP contribution is -2.10. The third-order valence-corrected chi connectivity index (χ3v) is 1.73. The molecule has 0 atom stereocenters. The minimum Gasteiger partial charge on any atom is -0.469 e. The van der Waals surface area contributed by atoms with Crippen LogP contribution in [0.1, 0.15) is 22.5 Å². The minimum atomic E-state index is -0.544. The number of aryl methyl sites for hydroxylation is 1. The van der Waals surface area contributed by atoms with Crippen molar-refractivity contribution in [1.29, 1.82) is 0 Å². The van der Waals surface area contributed by atoms with Crippen LogP contribution in [0, 0.1) is 6.92 Å². The molecule has 1 aromatic heterocycles. The van der Waals surface area contributed by atoms with Gasteiger partial charge in [0.2, 0.25) is 0 Å². The van der Waals surface area contributed by atoms with Crippen LogP contribution in [0.5, 0.6) is 0 Å². The maximum atomic E-state index is 11.4. The van der Waals surface area contributed by atoms with E-state index in [1.807, 2.05) is 6.92 Å². The van der Waals surface area contributed by atoms with E-state index in [4.69, 9.17) is 0 Å². The molecule has 0 aromatic carbocycles. The molecule has 1 aromatic rings. The summed E-state index contributed by atoms with van der Waals surface area (Å²) in [6, 6.07) is 3.37. The number of nitrogens with zero attached hydrogens (tertiary/aromatic N) is 1. The molecule has 0 aliphatic rings. The molecule has 0 N–H and O–H groups in total. The van der Waals surface area contributed by atoms with Crippen molar-refractivity contribution in [2.24, 2.45) is 0 Å². The molecule has 1 rings (SSSR count). The molecule has 4 nitrogen and oxygen atoms in total. The highest BCUT2D eigenvalue weighted by Crippen LogP contribution is 2.02. The van der Waals surface area contributed by atoms with E-state index in [1.165, 1.54) is 7.11 Å². The molecule has 1 heterocycles. The van der Waals surface area contributed by atoms with Gasteiger partial charge in [0.15, 0.2) is 5.78 Å². The van der Waals surface area contributed by atoms with Crippen molar-refractivity contribution in [1.82, 2.24) is 4.98 Å². The molecule has 0 aliphatic carbocycles. The van der Waals surface area contributed by atoms with Crippen LogP contribution in [0.3, 0.4) is 0 Å². The van der Waals surface area contributed by atoms with Crippen LogP contribution in [0.4, 0.5) is 0 Å². The number of aromatic nitrogens is 1. The number of hydrogen-bond acceptors (Lipinski definition) is 4. The van der Waals surface area contributed by atoms with E-state index in [0.717, 1.165) is 5.56 Å². The molecular formula is C10H11NO3. The summed E-state index contributed by atoms with van der Waals surface area (Å²) in [6.45, 7) is 1.88. The van der Waals surface area contributed by atoms with Crippen molar-refractivity contribution in [2.75, 3.05) is 7.11 Å². The number of hydrogen-bond donors (Lipinski definition) is 0. The molecule has 0 bridgehead atoms. The fraction of sp³-hybridized carbons (Fsp3) is 0.300. The van der Waals surface area contributed by atoms with Crippen LogP contribution in [-0.4, -0.2) is 23.8 Å². The Morgan fingerprint density at radius 3 is 2.64 bits per heavy atom. The van der Waals surface area contributed by atoms with Crippen LogP contribution in [0.2, 0.25) is 0 Å². The highest BCUT2D eigenvalue weighted by molar-refractivity contribution is 6.04. The lowest BCUT2D eigenvalue weighted by molar-refractivity contribution is -0.139. The number of pyridine rings is 1. The summed E-state index contributed by atoms with van der Waals surface area (Å²) in [7, 11) is 1.25. The topological polar surface area (TPSA) is 56.3 Å². The van der Waals surface area contributed by atoms with Gasteiger partial charge in [0.05, 0.1) is 7.11 Å². The predicted molar refractivity (Wildman–Crippen MR) is 49.9 cm³/mol. The third kappa shape index (κ3) is 2.65. The highest BCUT2D eigenvalue weighted by Gasteiger charge is 2.12. The molecule has 0 unspecified atom stereocenters.